The van der Waals surface area contributed by atoms with Gasteiger partial charge in [-0.25, -0.2) is 5.43 Å². The number of hydrogen-bond acceptors (Lipinski definition) is 4. The van der Waals surface area contributed by atoms with Gasteiger partial charge in [-0.05, 0) is 41.8 Å². The molecular weight excluding hydrogens is 304 g/mol. The molecule has 0 saturated carbocycles. The maximum absolute atomic E-state index is 12.1. The van der Waals surface area contributed by atoms with Crippen LogP contribution in [0.15, 0.2) is 47.6 Å². The fourth-order valence-corrected chi connectivity index (χ4v) is 2.18. The number of methoxy groups -OCH3 is 2. The zero-order chi connectivity index (χ0) is 17.5. The number of ether oxygens (including phenoxy) is 2. The van der Waals surface area contributed by atoms with Gasteiger partial charge in [-0.3, -0.25) is 4.79 Å². The molecule has 0 fully saturated rings. The van der Waals surface area contributed by atoms with Crippen LogP contribution >= 0.6 is 0 Å². The van der Waals surface area contributed by atoms with Crippen LogP contribution in [0.3, 0.4) is 0 Å². The molecule has 0 aliphatic rings. The highest BCUT2D eigenvalue weighted by Crippen LogP contribution is 2.22. The lowest BCUT2D eigenvalue weighted by Gasteiger charge is -2.07. The molecule has 0 bridgehead atoms. The van der Waals surface area contributed by atoms with Gasteiger partial charge in [0.25, 0.3) is 5.91 Å². The van der Waals surface area contributed by atoms with Gasteiger partial charge in [0.15, 0.2) is 0 Å². The van der Waals surface area contributed by atoms with Crippen molar-refractivity contribution in [2.45, 2.75) is 19.8 Å². The Kier molecular flexibility index (Phi) is 5.95. The molecule has 0 atom stereocenters. The number of benzene rings is 2. The van der Waals surface area contributed by atoms with Crippen molar-refractivity contribution in [3.63, 3.8) is 0 Å². The summed E-state index contributed by atoms with van der Waals surface area (Å²) >= 11 is 0. The van der Waals surface area contributed by atoms with Crippen LogP contribution in [0.4, 0.5) is 0 Å². The van der Waals surface area contributed by atoms with Crippen LogP contribution in [0.5, 0.6) is 11.5 Å². The van der Waals surface area contributed by atoms with E-state index >= 15 is 0 Å². The van der Waals surface area contributed by atoms with Crippen LogP contribution in [0.1, 0.15) is 41.3 Å². The number of carbonyl (C=O) groups excluding carboxylic acids is 1. The minimum absolute atomic E-state index is 0.261. The summed E-state index contributed by atoms with van der Waals surface area (Å²) in [6.45, 7) is 4.22. The lowest BCUT2D eigenvalue weighted by atomic mass is 10.0. The quantitative estimate of drug-likeness (QED) is 0.652. The van der Waals surface area contributed by atoms with Gasteiger partial charge >= 0.3 is 0 Å². The van der Waals surface area contributed by atoms with Crippen molar-refractivity contribution in [2.75, 3.05) is 14.2 Å². The van der Waals surface area contributed by atoms with E-state index in [1.54, 1.807) is 44.6 Å². The first kappa shape index (κ1) is 17.5. The third-order valence-electron chi connectivity index (χ3n) is 3.65. The Labute approximate surface area is 142 Å². The molecule has 2 aromatic carbocycles. The number of carbonyl (C=O) groups is 1. The molecule has 0 aromatic heterocycles. The van der Waals surface area contributed by atoms with Gasteiger partial charge in [0, 0.05) is 11.1 Å². The predicted octanol–water partition coefficient (Wildman–Crippen LogP) is 3.59. The van der Waals surface area contributed by atoms with Crippen molar-refractivity contribution < 1.29 is 14.3 Å². The highest BCUT2D eigenvalue weighted by Gasteiger charge is 2.06. The Hall–Kier alpha value is -2.82. The van der Waals surface area contributed by atoms with Crippen LogP contribution in [-0.2, 0) is 0 Å². The van der Waals surface area contributed by atoms with E-state index in [4.69, 9.17) is 9.47 Å². The molecule has 5 nitrogen and oxygen atoms in total. The molecule has 0 saturated heterocycles. The fourth-order valence-electron chi connectivity index (χ4n) is 2.18. The molecule has 0 unspecified atom stereocenters. The Morgan fingerprint density at radius 2 is 1.79 bits per heavy atom. The van der Waals surface area contributed by atoms with Crippen molar-refractivity contribution >= 4 is 12.1 Å². The summed E-state index contributed by atoms with van der Waals surface area (Å²) in [5.74, 6) is 1.51. The molecule has 126 valence electrons. The molecule has 0 radical (unpaired) electrons. The van der Waals surface area contributed by atoms with Crippen LogP contribution in [-0.4, -0.2) is 26.3 Å². The first-order valence-corrected chi connectivity index (χ1v) is 7.70. The molecular formula is C19H22N2O3. The zero-order valence-corrected chi connectivity index (χ0v) is 14.4. The lowest BCUT2D eigenvalue weighted by Crippen LogP contribution is -2.17. The number of hydrazone groups is 1. The summed E-state index contributed by atoms with van der Waals surface area (Å²) in [5.41, 5.74) is 4.99. The van der Waals surface area contributed by atoms with Gasteiger partial charge in [-0.2, -0.15) is 5.10 Å². The minimum Gasteiger partial charge on any atom is -0.497 e. The molecule has 0 aliphatic carbocycles. The summed E-state index contributed by atoms with van der Waals surface area (Å²) in [7, 11) is 3.17. The highest BCUT2D eigenvalue weighted by atomic mass is 16.5. The lowest BCUT2D eigenvalue weighted by molar-refractivity contribution is 0.0955. The Bertz CT molecular complexity index is 722. The third-order valence-corrected chi connectivity index (χ3v) is 3.65. The van der Waals surface area contributed by atoms with Gasteiger partial charge in [0.1, 0.15) is 11.5 Å². The number of amides is 1. The van der Waals surface area contributed by atoms with Crippen molar-refractivity contribution in [1.29, 1.82) is 0 Å². The number of nitrogens with zero attached hydrogens (tertiary/aromatic N) is 1. The second-order valence-electron chi connectivity index (χ2n) is 5.58. The molecule has 1 amide bonds. The third kappa shape index (κ3) is 4.35. The van der Waals surface area contributed by atoms with Crippen molar-refractivity contribution in [3.05, 3.63) is 59.2 Å². The average Bonchev–Trinajstić information content (AvgIpc) is 2.61. The molecule has 2 rings (SSSR count). The van der Waals surface area contributed by atoms with Gasteiger partial charge in [0.05, 0.1) is 20.4 Å². The molecule has 2 aromatic rings. The van der Waals surface area contributed by atoms with Crippen LogP contribution in [0, 0.1) is 0 Å². The predicted molar refractivity (Wildman–Crippen MR) is 95.1 cm³/mol. The van der Waals surface area contributed by atoms with Crippen molar-refractivity contribution in [3.8, 4) is 11.5 Å². The van der Waals surface area contributed by atoms with Crippen molar-refractivity contribution in [1.82, 2.24) is 5.43 Å². The smallest absolute Gasteiger partial charge is 0.271 e. The van der Waals surface area contributed by atoms with E-state index in [0.717, 1.165) is 0 Å². The number of hydrogen-bond donors (Lipinski definition) is 1. The van der Waals surface area contributed by atoms with Crippen LogP contribution in [0.2, 0.25) is 0 Å². The molecule has 0 heterocycles. The highest BCUT2D eigenvalue weighted by molar-refractivity contribution is 5.95. The summed E-state index contributed by atoms with van der Waals surface area (Å²) < 4.78 is 10.4. The van der Waals surface area contributed by atoms with E-state index < -0.39 is 0 Å². The van der Waals surface area contributed by atoms with Crippen LogP contribution < -0.4 is 14.9 Å². The molecule has 0 spiro atoms. The second kappa shape index (κ2) is 8.15. The fraction of sp³-hybridized carbons (Fsp3) is 0.263. The second-order valence-corrected chi connectivity index (χ2v) is 5.58. The normalized spacial score (nSPS) is 10.9. The minimum atomic E-state index is -0.261. The molecule has 5 heteroatoms. The van der Waals surface area contributed by atoms with Gasteiger partial charge in [-0.1, -0.05) is 26.0 Å². The number of rotatable bonds is 6. The molecule has 24 heavy (non-hydrogen) atoms. The molecule has 1 N–H and O–H groups in total. The average molecular weight is 326 g/mol. The van der Waals surface area contributed by atoms with Gasteiger partial charge < -0.3 is 9.47 Å². The maximum Gasteiger partial charge on any atom is 0.271 e. The first-order chi connectivity index (χ1) is 11.5. The van der Waals surface area contributed by atoms with E-state index in [1.807, 2.05) is 12.1 Å². The largest absolute Gasteiger partial charge is 0.497 e. The SMILES string of the molecule is COc1ccc(OC)c(C=NNC(=O)c2ccc(C(C)C)cc2)c1. The van der Waals surface area contributed by atoms with E-state index in [2.05, 4.69) is 24.4 Å². The Balaban J connectivity index is 2.06. The summed E-state index contributed by atoms with van der Waals surface area (Å²) in [6.07, 6.45) is 1.53. The number of nitrogens with one attached hydrogen (secondary N) is 1. The Morgan fingerprint density at radius 1 is 1.08 bits per heavy atom. The van der Waals surface area contributed by atoms with E-state index in [9.17, 15) is 4.79 Å². The van der Waals surface area contributed by atoms with E-state index in [-0.39, 0.29) is 5.91 Å². The first-order valence-electron chi connectivity index (χ1n) is 7.70. The summed E-state index contributed by atoms with van der Waals surface area (Å²) in [5, 5.41) is 4.00. The monoisotopic (exact) mass is 326 g/mol. The van der Waals surface area contributed by atoms with Crippen LogP contribution in [0.25, 0.3) is 0 Å². The Morgan fingerprint density at radius 3 is 2.38 bits per heavy atom. The zero-order valence-electron chi connectivity index (χ0n) is 14.4. The van der Waals surface area contributed by atoms with Gasteiger partial charge in [0.2, 0.25) is 0 Å². The van der Waals surface area contributed by atoms with E-state index in [0.29, 0.717) is 28.5 Å². The maximum atomic E-state index is 12.1. The molecule has 0 aliphatic heterocycles. The van der Waals surface area contributed by atoms with E-state index in [1.165, 1.54) is 11.8 Å². The summed E-state index contributed by atoms with van der Waals surface area (Å²) in [4.78, 5) is 12.1. The van der Waals surface area contributed by atoms with Gasteiger partial charge in [-0.15, -0.1) is 0 Å². The standard InChI is InChI=1S/C19H22N2O3/c1-13(2)14-5-7-15(8-6-14)19(22)21-20-12-16-11-17(23-3)9-10-18(16)24-4/h5-13H,1-4H3,(H,21,22). The topological polar surface area (TPSA) is 59.9 Å². The summed E-state index contributed by atoms with van der Waals surface area (Å²) in [6, 6.07) is 12.9. The van der Waals surface area contributed by atoms with Crippen molar-refractivity contribution in [2.24, 2.45) is 5.10 Å².